The summed E-state index contributed by atoms with van der Waals surface area (Å²) >= 11 is 0. The van der Waals surface area contributed by atoms with Gasteiger partial charge >= 0.3 is 0 Å². The lowest BCUT2D eigenvalue weighted by atomic mass is 9.89. The third-order valence-electron chi connectivity index (χ3n) is 5.47. The fourth-order valence-electron chi connectivity index (χ4n) is 3.80. The second-order valence-electron chi connectivity index (χ2n) is 7.79. The van der Waals surface area contributed by atoms with Crippen LogP contribution in [0.3, 0.4) is 0 Å². The average Bonchev–Trinajstić information content (AvgIpc) is 2.71. The van der Waals surface area contributed by atoms with Crippen LogP contribution in [0.5, 0.6) is 0 Å². The maximum Gasteiger partial charge on any atom is 0.216 e. The van der Waals surface area contributed by atoms with E-state index in [9.17, 15) is 24.5 Å². The van der Waals surface area contributed by atoms with Gasteiger partial charge in [0.25, 0.3) is 0 Å². The highest BCUT2D eigenvalue weighted by Crippen LogP contribution is 2.29. The molecule has 2 aromatic carbocycles. The Morgan fingerprint density at radius 2 is 1.87 bits per heavy atom. The molecule has 3 rings (SSSR count). The van der Waals surface area contributed by atoms with E-state index in [1.165, 1.54) is 19.1 Å². The van der Waals surface area contributed by atoms with Gasteiger partial charge in [0.05, 0.1) is 12.2 Å². The van der Waals surface area contributed by atoms with Crippen LogP contribution >= 0.6 is 0 Å². The number of hydrogen-bond donors (Lipinski definition) is 4. The van der Waals surface area contributed by atoms with E-state index in [-0.39, 0.29) is 11.7 Å². The molecule has 0 saturated carbocycles. The Balaban J connectivity index is 1.87. The Morgan fingerprint density at radius 3 is 2.57 bits per heavy atom. The van der Waals surface area contributed by atoms with Gasteiger partial charge < -0.3 is 25.4 Å². The minimum atomic E-state index is -1.28. The van der Waals surface area contributed by atoms with Crippen molar-refractivity contribution in [2.24, 2.45) is 0 Å². The van der Waals surface area contributed by atoms with E-state index < -0.39 is 30.5 Å². The molecule has 1 saturated heterocycles. The number of nitrogens with one attached hydrogen (secondary N) is 1. The maximum atomic E-state index is 13.8. The van der Waals surface area contributed by atoms with Gasteiger partial charge in [0.1, 0.15) is 24.1 Å². The van der Waals surface area contributed by atoms with Gasteiger partial charge in [-0.2, -0.15) is 0 Å². The molecule has 0 radical (unpaired) electrons. The molecule has 1 amide bonds. The molecule has 2 aromatic rings. The zero-order valence-electron chi connectivity index (χ0n) is 17.1. The molecule has 30 heavy (non-hydrogen) atoms. The maximum absolute atomic E-state index is 13.8. The standard InChI is InChI=1S/C23H28FNO5/c1-13-21(27)23(29)22(28)20(30-13)11-15-6-7-16(8-9-25-14(2)26)19(10-15)17-4-3-5-18(24)12-17/h3-7,10,12-13,20-23,27-29H,8-9,11H2,1-2H3,(H,25,26)/t13-,20-,21-,22-,23+/m0/s1. The van der Waals surface area contributed by atoms with Gasteiger partial charge in [-0.3, -0.25) is 4.79 Å². The lowest BCUT2D eigenvalue weighted by Crippen LogP contribution is -2.57. The topological polar surface area (TPSA) is 99.0 Å². The van der Waals surface area contributed by atoms with Crippen molar-refractivity contribution < 1.29 is 29.2 Å². The van der Waals surface area contributed by atoms with Crippen LogP contribution in [0, 0.1) is 5.82 Å². The molecule has 1 aliphatic rings. The minimum Gasteiger partial charge on any atom is -0.388 e. The highest BCUT2D eigenvalue weighted by molar-refractivity contribution is 5.73. The molecule has 1 fully saturated rings. The molecule has 6 nitrogen and oxygen atoms in total. The van der Waals surface area contributed by atoms with Crippen LogP contribution in [-0.4, -0.2) is 58.3 Å². The van der Waals surface area contributed by atoms with Crippen molar-refractivity contribution in [3.05, 3.63) is 59.4 Å². The van der Waals surface area contributed by atoms with Gasteiger partial charge in [0, 0.05) is 19.9 Å². The number of hydrogen-bond acceptors (Lipinski definition) is 5. The number of carbonyl (C=O) groups excluding carboxylic acids is 1. The van der Waals surface area contributed by atoms with Crippen molar-refractivity contribution in [2.75, 3.05) is 6.54 Å². The van der Waals surface area contributed by atoms with Gasteiger partial charge in [-0.15, -0.1) is 0 Å². The molecule has 0 aliphatic carbocycles. The van der Waals surface area contributed by atoms with E-state index in [0.717, 1.165) is 16.7 Å². The number of carbonyl (C=O) groups is 1. The fraction of sp³-hybridized carbons (Fsp3) is 0.435. The minimum absolute atomic E-state index is 0.114. The molecule has 7 heteroatoms. The van der Waals surface area contributed by atoms with E-state index in [4.69, 9.17) is 4.74 Å². The van der Waals surface area contributed by atoms with Crippen molar-refractivity contribution >= 4 is 5.91 Å². The van der Waals surface area contributed by atoms with Crippen molar-refractivity contribution in [1.82, 2.24) is 5.32 Å². The quantitative estimate of drug-likeness (QED) is 0.572. The number of ether oxygens (including phenoxy) is 1. The first-order valence-corrected chi connectivity index (χ1v) is 10.1. The van der Waals surface area contributed by atoms with Crippen LogP contribution < -0.4 is 5.32 Å². The summed E-state index contributed by atoms with van der Waals surface area (Å²) in [7, 11) is 0. The zero-order valence-corrected chi connectivity index (χ0v) is 17.1. The van der Waals surface area contributed by atoms with Crippen molar-refractivity contribution in [2.45, 2.75) is 57.2 Å². The SMILES string of the molecule is CC(=O)NCCc1ccc(C[C@@H]2O[C@@H](C)[C@H](O)[C@@H](O)[C@H]2O)cc1-c1cccc(F)c1. The lowest BCUT2D eigenvalue weighted by molar-refractivity contribution is -0.216. The van der Waals surface area contributed by atoms with Crippen LogP contribution in [0.2, 0.25) is 0 Å². The van der Waals surface area contributed by atoms with Crippen LogP contribution in [0.25, 0.3) is 11.1 Å². The highest BCUT2D eigenvalue weighted by atomic mass is 19.1. The first-order valence-electron chi connectivity index (χ1n) is 10.1. The molecule has 1 aliphatic heterocycles. The predicted octanol–water partition coefficient (Wildman–Crippen LogP) is 1.58. The molecule has 0 aromatic heterocycles. The van der Waals surface area contributed by atoms with Crippen molar-refractivity contribution in [3.63, 3.8) is 0 Å². The number of halogens is 1. The second kappa shape index (κ2) is 9.66. The second-order valence-corrected chi connectivity index (χ2v) is 7.79. The third-order valence-corrected chi connectivity index (χ3v) is 5.47. The molecular weight excluding hydrogens is 389 g/mol. The molecule has 0 unspecified atom stereocenters. The summed E-state index contributed by atoms with van der Waals surface area (Å²) in [6.45, 7) is 3.57. The van der Waals surface area contributed by atoms with E-state index >= 15 is 0 Å². The predicted molar refractivity (Wildman–Crippen MR) is 110 cm³/mol. The molecule has 162 valence electrons. The van der Waals surface area contributed by atoms with Crippen LogP contribution in [0.1, 0.15) is 25.0 Å². The summed E-state index contributed by atoms with van der Waals surface area (Å²) in [4.78, 5) is 11.2. The number of amides is 1. The van der Waals surface area contributed by atoms with Gasteiger partial charge in [-0.1, -0.05) is 30.3 Å². The smallest absolute Gasteiger partial charge is 0.216 e. The number of benzene rings is 2. The van der Waals surface area contributed by atoms with E-state index in [2.05, 4.69) is 5.32 Å². The Labute approximate surface area is 175 Å². The summed E-state index contributed by atoms with van der Waals surface area (Å²) in [5.41, 5.74) is 3.34. The summed E-state index contributed by atoms with van der Waals surface area (Å²) in [6.07, 6.45) is -4.02. The molecule has 4 N–H and O–H groups in total. The monoisotopic (exact) mass is 417 g/mol. The van der Waals surface area contributed by atoms with Crippen LogP contribution in [-0.2, 0) is 22.4 Å². The van der Waals surface area contributed by atoms with Crippen LogP contribution in [0.15, 0.2) is 42.5 Å². The fourth-order valence-corrected chi connectivity index (χ4v) is 3.80. The Morgan fingerprint density at radius 1 is 1.10 bits per heavy atom. The van der Waals surface area contributed by atoms with Gasteiger partial charge in [-0.25, -0.2) is 4.39 Å². The summed E-state index contributed by atoms with van der Waals surface area (Å²) in [5, 5.41) is 33.0. The van der Waals surface area contributed by atoms with E-state index in [0.29, 0.717) is 24.9 Å². The highest BCUT2D eigenvalue weighted by Gasteiger charge is 2.41. The summed E-state index contributed by atoms with van der Waals surface area (Å²) in [5.74, 6) is -0.458. The molecule has 1 heterocycles. The van der Waals surface area contributed by atoms with Crippen LogP contribution in [0.4, 0.5) is 4.39 Å². The summed E-state index contributed by atoms with van der Waals surface area (Å²) < 4.78 is 19.5. The first kappa shape index (κ1) is 22.4. The Hall–Kier alpha value is -2.32. The Bertz CT molecular complexity index is 890. The van der Waals surface area contributed by atoms with Gasteiger partial charge in [-0.05, 0) is 47.7 Å². The summed E-state index contributed by atoms with van der Waals surface area (Å²) in [6, 6.07) is 12.0. The Kier molecular flexibility index (Phi) is 7.20. The number of aliphatic hydroxyl groups is 3. The van der Waals surface area contributed by atoms with Gasteiger partial charge in [0.15, 0.2) is 0 Å². The zero-order chi connectivity index (χ0) is 21.8. The molecule has 5 atom stereocenters. The van der Waals surface area contributed by atoms with Crippen molar-refractivity contribution in [1.29, 1.82) is 0 Å². The molecule has 0 spiro atoms. The lowest BCUT2D eigenvalue weighted by Gasteiger charge is -2.39. The molecule has 0 bridgehead atoms. The largest absolute Gasteiger partial charge is 0.388 e. The van der Waals surface area contributed by atoms with E-state index in [1.807, 2.05) is 24.3 Å². The third kappa shape index (κ3) is 5.23. The van der Waals surface area contributed by atoms with Gasteiger partial charge in [0.2, 0.25) is 5.91 Å². The number of rotatable bonds is 6. The van der Waals surface area contributed by atoms with E-state index in [1.54, 1.807) is 13.0 Å². The average molecular weight is 417 g/mol. The molecular formula is C23H28FNO5. The number of aliphatic hydroxyl groups excluding tert-OH is 3. The normalized spacial score (nSPS) is 26.4. The first-order chi connectivity index (χ1) is 14.3. The van der Waals surface area contributed by atoms with Crippen molar-refractivity contribution in [3.8, 4) is 11.1 Å².